The molecule has 0 saturated heterocycles. The molecule has 5 heteroatoms. The summed E-state index contributed by atoms with van der Waals surface area (Å²) in [5.41, 5.74) is 5.93. The average molecular weight is 405 g/mol. The van der Waals surface area contributed by atoms with Crippen LogP contribution in [-0.2, 0) is 6.42 Å². The Balaban J connectivity index is 0.00000147. The van der Waals surface area contributed by atoms with Crippen molar-refractivity contribution < 1.29 is 0 Å². The third-order valence-electron chi connectivity index (χ3n) is 4.64. The first kappa shape index (κ1) is 16.1. The van der Waals surface area contributed by atoms with Gasteiger partial charge in [-0.15, -0.1) is 35.3 Å². The number of hydrogen-bond donors (Lipinski definition) is 2. The molecule has 3 atom stereocenters. The fourth-order valence-electron chi connectivity index (χ4n) is 3.64. The quantitative estimate of drug-likeness (QED) is 0.449. The van der Waals surface area contributed by atoms with Crippen LogP contribution in [-0.4, -0.2) is 19.0 Å². The van der Waals surface area contributed by atoms with Gasteiger partial charge in [0.15, 0.2) is 5.96 Å². The van der Waals surface area contributed by atoms with Gasteiger partial charge in [-0.2, -0.15) is 0 Å². The van der Waals surface area contributed by atoms with Crippen molar-refractivity contribution >= 4 is 41.3 Å². The van der Waals surface area contributed by atoms with E-state index >= 15 is 0 Å². The highest BCUT2D eigenvalue weighted by Gasteiger charge is 2.39. The highest BCUT2D eigenvalue weighted by Crippen LogP contribution is 2.48. The van der Waals surface area contributed by atoms with Crippen molar-refractivity contribution in [2.45, 2.75) is 32.1 Å². The Morgan fingerprint density at radius 3 is 2.95 bits per heavy atom. The molecule has 1 heterocycles. The summed E-state index contributed by atoms with van der Waals surface area (Å²) in [7, 11) is 0. The van der Waals surface area contributed by atoms with Crippen LogP contribution < -0.4 is 11.1 Å². The summed E-state index contributed by atoms with van der Waals surface area (Å²) >= 11 is 1.80. The van der Waals surface area contributed by atoms with Gasteiger partial charge in [0, 0.05) is 18.0 Å². The molecule has 0 radical (unpaired) electrons. The van der Waals surface area contributed by atoms with E-state index in [9.17, 15) is 0 Å². The van der Waals surface area contributed by atoms with Crippen molar-refractivity contribution in [2.75, 3.05) is 13.1 Å². The fraction of sp³-hybridized carbons (Fsp3) is 0.667. The Kier molecular flexibility index (Phi) is 6.14. The smallest absolute Gasteiger partial charge is 0.188 e. The molecule has 1 aromatic rings. The Morgan fingerprint density at radius 2 is 2.30 bits per heavy atom. The first-order chi connectivity index (χ1) is 9.31. The predicted octanol–water partition coefficient (Wildman–Crippen LogP) is 3.25. The van der Waals surface area contributed by atoms with Crippen LogP contribution in [0.3, 0.4) is 0 Å². The van der Waals surface area contributed by atoms with E-state index in [0.717, 1.165) is 37.3 Å². The number of fused-ring (bicyclic) bond motifs is 2. The van der Waals surface area contributed by atoms with Crippen LogP contribution >= 0.6 is 35.3 Å². The van der Waals surface area contributed by atoms with E-state index in [-0.39, 0.29) is 24.0 Å². The van der Waals surface area contributed by atoms with Gasteiger partial charge in [0.25, 0.3) is 0 Å². The second-order valence-electron chi connectivity index (χ2n) is 5.92. The van der Waals surface area contributed by atoms with Crippen LogP contribution in [0.15, 0.2) is 22.5 Å². The van der Waals surface area contributed by atoms with Crippen molar-refractivity contribution in [1.29, 1.82) is 0 Å². The molecule has 2 aliphatic carbocycles. The molecule has 2 aliphatic rings. The maximum absolute atomic E-state index is 5.93. The summed E-state index contributed by atoms with van der Waals surface area (Å²) in [4.78, 5) is 5.93. The Labute approximate surface area is 142 Å². The van der Waals surface area contributed by atoms with Crippen LogP contribution in [0.1, 0.15) is 30.6 Å². The van der Waals surface area contributed by atoms with Gasteiger partial charge in [-0.05, 0) is 54.9 Å². The minimum absolute atomic E-state index is 0. The molecular weight excluding hydrogens is 381 g/mol. The summed E-state index contributed by atoms with van der Waals surface area (Å²) in [5.74, 6) is 3.36. The standard InChI is InChI=1S/C15H23N3S.HI/c16-15(17-6-5-14-2-1-7-19-14)18-10-13-9-11-3-4-12(13)8-11;/h1-2,7,11-13H,3-6,8-10H2,(H3,16,17,18);1H. The van der Waals surface area contributed by atoms with Gasteiger partial charge in [0.1, 0.15) is 0 Å². The lowest BCUT2D eigenvalue weighted by Gasteiger charge is -2.19. The summed E-state index contributed by atoms with van der Waals surface area (Å²) in [6.45, 7) is 1.81. The molecule has 3 nitrogen and oxygen atoms in total. The Bertz CT molecular complexity index is 432. The average Bonchev–Trinajstić information content (AvgIpc) is 3.13. The first-order valence-electron chi connectivity index (χ1n) is 7.37. The van der Waals surface area contributed by atoms with Gasteiger partial charge < -0.3 is 11.1 Å². The normalized spacial score (nSPS) is 28.4. The van der Waals surface area contributed by atoms with Gasteiger partial charge >= 0.3 is 0 Å². The van der Waals surface area contributed by atoms with Crippen LogP contribution in [0, 0.1) is 17.8 Å². The van der Waals surface area contributed by atoms with Gasteiger partial charge in [-0.1, -0.05) is 12.5 Å². The van der Waals surface area contributed by atoms with Gasteiger partial charge in [-0.25, -0.2) is 0 Å². The van der Waals surface area contributed by atoms with E-state index in [4.69, 9.17) is 5.73 Å². The lowest BCUT2D eigenvalue weighted by Crippen LogP contribution is -2.34. The lowest BCUT2D eigenvalue weighted by atomic mass is 9.89. The molecule has 3 rings (SSSR count). The van der Waals surface area contributed by atoms with E-state index in [1.54, 1.807) is 11.3 Å². The molecule has 0 aliphatic heterocycles. The molecule has 3 N–H and O–H groups in total. The minimum Gasteiger partial charge on any atom is -0.370 e. The maximum atomic E-state index is 5.93. The molecular formula is C15H24IN3S. The number of halogens is 1. The number of nitrogens with one attached hydrogen (secondary N) is 1. The summed E-state index contributed by atoms with van der Waals surface area (Å²) in [5, 5.41) is 5.34. The predicted molar refractivity (Wildman–Crippen MR) is 96.9 cm³/mol. The molecule has 2 bridgehead atoms. The number of thiophene rings is 1. The monoisotopic (exact) mass is 405 g/mol. The number of guanidine groups is 1. The topological polar surface area (TPSA) is 50.4 Å². The van der Waals surface area contributed by atoms with Gasteiger partial charge in [-0.3, -0.25) is 4.99 Å². The van der Waals surface area contributed by atoms with E-state index in [0.29, 0.717) is 5.96 Å². The van der Waals surface area contributed by atoms with Crippen LogP contribution in [0.4, 0.5) is 0 Å². The number of hydrogen-bond acceptors (Lipinski definition) is 2. The maximum Gasteiger partial charge on any atom is 0.188 e. The van der Waals surface area contributed by atoms with Crippen molar-refractivity contribution in [2.24, 2.45) is 28.5 Å². The van der Waals surface area contributed by atoms with E-state index in [1.165, 1.54) is 30.6 Å². The Hall–Kier alpha value is -0.300. The molecule has 0 spiro atoms. The van der Waals surface area contributed by atoms with Crippen LogP contribution in [0.2, 0.25) is 0 Å². The van der Waals surface area contributed by atoms with E-state index in [1.807, 2.05) is 0 Å². The van der Waals surface area contributed by atoms with Gasteiger partial charge in [0.2, 0.25) is 0 Å². The second kappa shape index (κ2) is 7.64. The molecule has 112 valence electrons. The number of rotatable bonds is 5. The molecule has 0 aromatic carbocycles. The van der Waals surface area contributed by atoms with E-state index in [2.05, 4.69) is 27.8 Å². The van der Waals surface area contributed by atoms with E-state index < -0.39 is 0 Å². The van der Waals surface area contributed by atoms with Crippen molar-refractivity contribution in [3.63, 3.8) is 0 Å². The van der Waals surface area contributed by atoms with Crippen molar-refractivity contribution in [1.82, 2.24) is 5.32 Å². The highest BCUT2D eigenvalue weighted by molar-refractivity contribution is 14.0. The molecule has 2 saturated carbocycles. The highest BCUT2D eigenvalue weighted by atomic mass is 127. The SMILES string of the molecule is I.NC(=NCC1CC2CCC1C2)NCCc1cccs1. The molecule has 3 unspecified atom stereocenters. The molecule has 2 fully saturated rings. The van der Waals surface area contributed by atoms with Gasteiger partial charge in [0.05, 0.1) is 0 Å². The molecule has 1 aromatic heterocycles. The molecule has 20 heavy (non-hydrogen) atoms. The fourth-order valence-corrected chi connectivity index (χ4v) is 4.35. The zero-order chi connectivity index (χ0) is 13.1. The third-order valence-corrected chi connectivity index (χ3v) is 5.57. The first-order valence-corrected chi connectivity index (χ1v) is 8.25. The Morgan fingerprint density at radius 1 is 1.40 bits per heavy atom. The second-order valence-corrected chi connectivity index (χ2v) is 6.95. The minimum atomic E-state index is 0. The number of aliphatic imine (C=N–C) groups is 1. The van der Waals surface area contributed by atoms with Crippen LogP contribution in [0.25, 0.3) is 0 Å². The summed E-state index contributed by atoms with van der Waals surface area (Å²) < 4.78 is 0. The van der Waals surface area contributed by atoms with Crippen LogP contribution in [0.5, 0.6) is 0 Å². The summed E-state index contributed by atoms with van der Waals surface area (Å²) in [6, 6.07) is 4.25. The largest absolute Gasteiger partial charge is 0.370 e. The number of nitrogens with two attached hydrogens (primary N) is 1. The molecule has 0 amide bonds. The third kappa shape index (κ3) is 4.10. The van der Waals surface area contributed by atoms with Crippen molar-refractivity contribution in [3.8, 4) is 0 Å². The lowest BCUT2D eigenvalue weighted by molar-refractivity contribution is 0.341. The van der Waals surface area contributed by atoms with Crippen molar-refractivity contribution in [3.05, 3.63) is 22.4 Å². The zero-order valence-corrected chi connectivity index (χ0v) is 14.9. The summed E-state index contributed by atoms with van der Waals surface area (Å²) in [6.07, 6.45) is 6.75. The number of nitrogens with zero attached hydrogens (tertiary/aromatic N) is 1. The zero-order valence-electron chi connectivity index (χ0n) is 11.8.